The second-order valence-corrected chi connectivity index (χ2v) is 6.34. The van der Waals surface area contributed by atoms with Crippen LogP contribution in [0.3, 0.4) is 0 Å². The Morgan fingerprint density at radius 2 is 1.84 bits per heavy atom. The number of hydrogen-bond donors (Lipinski definition) is 0. The quantitative estimate of drug-likeness (QED) is 0.722. The molecule has 25 heavy (non-hydrogen) atoms. The van der Waals surface area contributed by atoms with Gasteiger partial charge in [-0.25, -0.2) is 0 Å². The van der Waals surface area contributed by atoms with E-state index in [2.05, 4.69) is 17.1 Å². The number of hydrogen-bond acceptors (Lipinski definition) is 3. The van der Waals surface area contributed by atoms with Crippen molar-refractivity contribution in [2.24, 2.45) is 0 Å². The average molecular weight is 334 g/mol. The number of ether oxygens (including phenoxy) is 1. The Bertz CT molecular complexity index is 901. The number of fused-ring (bicyclic) bond motifs is 1. The molecule has 1 unspecified atom stereocenters. The zero-order valence-corrected chi connectivity index (χ0v) is 15.0. The molecule has 0 spiro atoms. The lowest BCUT2D eigenvalue weighted by Gasteiger charge is -2.21. The van der Waals surface area contributed by atoms with Crippen LogP contribution in [0.2, 0.25) is 0 Å². The van der Waals surface area contributed by atoms with Crippen molar-refractivity contribution < 1.29 is 9.53 Å². The molecular formula is C21H22N2O2. The van der Waals surface area contributed by atoms with Crippen LogP contribution in [0.15, 0.2) is 54.7 Å². The molecule has 0 N–H and O–H groups in total. The number of pyridine rings is 1. The Morgan fingerprint density at radius 3 is 2.52 bits per heavy atom. The molecule has 0 aliphatic heterocycles. The zero-order chi connectivity index (χ0) is 18.0. The Kier molecular flexibility index (Phi) is 4.70. The van der Waals surface area contributed by atoms with Gasteiger partial charge in [0.2, 0.25) is 0 Å². The van der Waals surface area contributed by atoms with Crippen molar-refractivity contribution >= 4 is 16.7 Å². The highest BCUT2D eigenvalue weighted by molar-refractivity contribution is 5.99. The van der Waals surface area contributed by atoms with E-state index in [1.54, 1.807) is 25.9 Å². The summed E-state index contributed by atoms with van der Waals surface area (Å²) in [6, 6.07) is 16.1. The molecule has 0 saturated heterocycles. The van der Waals surface area contributed by atoms with Crippen molar-refractivity contribution in [3.05, 3.63) is 60.4 Å². The summed E-state index contributed by atoms with van der Waals surface area (Å²) in [5.74, 6) is 0.619. The van der Waals surface area contributed by atoms with E-state index in [-0.39, 0.29) is 5.91 Å². The molecule has 1 aromatic heterocycles. The zero-order valence-electron chi connectivity index (χ0n) is 15.0. The number of likely N-dealkylation sites (N-methyl/N-ethyl adjacent to an activating group) is 1. The third-order valence-corrected chi connectivity index (χ3v) is 4.18. The van der Waals surface area contributed by atoms with E-state index in [1.165, 1.54) is 0 Å². The first-order chi connectivity index (χ1) is 12.0. The number of aryl methyl sites for hydroxylation is 1. The Morgan fingerprint density at radius 1 is 1.08 bits per heavy atom. The number of rotatable bonds is 4. The summed E-state index contributed by atoms with van der Waals surface area (Å²) in [4.78, 5) is 18.1. The summed E-state index contributed by atoms with van der Waals surface area (Å²) >= 11 is 0. The van der Waals surface area contributed by atoms with Gasteiger partial charge in [-0.3, -0.25) is 9.78 Å². The van der Waals surface area contributed by atoms with Gasteiger partial charge in [0.05, 0.1) is 0 Å². The smallest absolute Gasteiger partial charge is 0.262 e. The number of carbonyl (C=O) groups excluding carboxylic acids is 1. The van der Waals surface area contributed by atoms with Crippen LogP contribution in [-0.4, -0.2) is 36.0 Å². The predicted molar refractivity (Wildman–Crippen MR) is 101 cm³/mol. The van der Waals surface area contributed by atoms with Crippen LogP contribution < -0.4 is 4.74 Å². The van der Waals surface area contributed by atoms with Gasteiger partial charge < -0.3 is 9.64 Å². The summed E-state index contributed by atoms with van der Waals surface area (Å²) in [7, 11) is 3.46. The van der Waals surface area contributed by atoms with Crippen LogP contribution in [-0.2, 0) is 4.79 Å². The molecule has 0 aliphatic carbocycles. The summed E-state index contributed by atoms with van der Waals surface area (Å²) in [5.41, 5.74) is 2.90. The largest absolute Gasteiger partial charge is 0.480 e. The molecule has 1 heterocycles. The van der Waals surface area contributed by atoms with E-state index in [9.17, 15) is 4.79 Å². The summed E-state index contributed by atoms with van der Waals surface area (Å²) < 4.78 is 6.04. The fourth-order valence-electron chi connectivity index (χ4n) is 2.87. The molecule has 0 aliphatic rings. The minimum atomic E-state index is -0.562. The molecule has 0 fully saturated rings. The van der Waals surface area contributed by atoms with Crippen molar-refractivity contribution in [3.8, 4) is 16.9 Å². The van der Waals surface area contributed by atoms with Crippen molar-refractivity contribution in [3.63, 3.8) is 0 Å². The molecule has 0 saturated carbocycles. The maximum atomic E-state index is 12.2. The third-order valence-electron chi connectivity index (χ3n) is 4.18. The molecular weight excluding hydrogens is 312 g/mol. The van der Waals surface area contributed by atoms with E-state index in [4.69, 9.17) is 4.74 Å². The second-order valence-electron chi connectivity index (χ2n) is 6.34. The van der Waals surface area contributed by atoms with Gasteiger partial charge in [-0.2, -0.15) is 0 Å². The second kappa shape index (κ2) is 6.93. The molecule has 1 atom stereocenters. The molecule has 0 radical (unpaired) electrons. The Balaban J connectivity index is 2.13. The van der Waals surface area contributed by atoms with Gasteiger partial charge in [-0.05, 0) is 36.8 Å². The lowest BCUT2D eigenvalue weighted by molar-refractivity contribution is -0.135. The van der Waals surface area contributed by atoms with Crippen LogP contribution in [0.25, 0.3) is 21.9 Å². The predicted octanol–water partition coefficient (Wildman–Crippen LogP) is 4.07. The normalized spacial score (nSPS) is 12.0. The van der Waals surface area contributed by atoms with Gasteiger partial charge in [-0.15, -0.1) is 0 Å². The van der Waals surface area contributed by atoms with Crippen LogP contribution in [0.1, 0.15) is 12.6 Å². The van der Waals surface area contributed by atoms with Gasteiger partial charge in [0.1, 0.15) is 5.75 Å². The van der Waals surface area contributed by atoms with Gasteiger partial charge in [0.25, 0.3) is 5.91 Å². The van der Waals surface area contributed by atoms with E-state index in [0.717, 1.165) is 27.6 Å². The minimum absolute atomic E-state index is 0.0684. The first kappa shape index (κ1) is 17.0. The van der Waals surface area contributed by atoms with Gasteiger partial charge in [0, 0.05) is 37.1 Å². The summed E-state index contributed by atoms with van der Waals surface area (Å²) in [5, 5.41) is 2.20. The fourth-order valence-corrected chi connectivity index (χ4v) is 2.87. The SMILES string of the molecule is Cc1ccc(-c2c(OC(C)C(=O)N(C)C)ccc3ccccc23)cn1. The topological polar surface area (TPSA) is 42.4 Å². The number of amides is 1. The number of nitrogens with zero attached hydrogens (tertiary/aromatic N) is 2. The maximum Gasteiger partial charge on any atom is 0.262 e. The molecule has 3 aromatic rings. The number of aromatic nitrogens is 1. The molecule has 3 rings (SSSR count). The first-order valence-corrected chi connectivity index (χ1v) is 8.30. The maximum absolute atomic E-state index is 12.2. The van der Waals surface area contributed by atoms with E-state index >= 15 is 0 Å². The van der Waals surface area contributed by atoms with E-state index < -0.39 is 6.10 Å². The molecule has 128 valence electrons. The van der Waals surface area contributed by atoms with Crippen molar-refractivity contribution in [2.75, 3.05) is 14.1 Å². The summed E-state index contributed by atoms with van der Waals surface area (Å²) in [6.45, 7) is 3.73. The van der Waals surface area contributed by atoms with Crippen molar-refractivity contribution in [1.29, 1.82) is 0 Å². The van der Waals surface area contributed by atoms with Crippen LogP contribution in [0.4, 0.5) is 0 Å². The molecule has 0 bridgehead atoms. The van der Waals surface area contributed by atoms with Crippen LogP contribution in [0.5, 0.6) is 5.75 Å². The van der Waals surface area contributed by atoms with Crippen molar-refractivity contribution in [2.45, 2.75) is 20.0 Å². The van der Waals surface area contributed by atoms with Crippen LogP contribution in [0, 0.1) is 6.92 Å². The van der Waals surface area contributed by atoms with Crippen LogP contribution >= 0.6 is 0 Å². The standard InChI is InChI=1S/C21H22N2O2/c1-14-9-10-17(13-22-14)20-18-8-6-5-7-16(18)11-12-19(20)25-15(2)21(24)23(3)4/h5-13,15H,1-4H3. The van der Waals surface area contributed by atoms with Gasteiger partial charge >= 0.3 is 0 Å². The first-order valence-electron chi connectivity index (χ1n) is 8.30. The fraction of sp³-hybridized carbons (Fsp3) is 0.238. The Hall–Kier alpha value is -2.88. The van der Waals surface area contributed by atoms with Gasteiger partial charge in [0.15, 0.2) is 6.10 Å². The third kappa shape index (κ3) is 3.48. The Labute approximate surface area is 148 Å². The molecule has 2 aromatic carbocycles. The lowest BCUT2D eigenvalue weighted by Crippen LogP contribution is -2.35. The monoisotopic (exact) mass is 334 g/mol. The van der Waals surface area contributed by atoms with Crippen molar-refractivity contribution in [1.82, 2.24) is 9.88 Å². The molecule has 4 nitrogen and oxygen atoms in total. The minimum Gasteiger partial charge on any atom is -0.480 e. The van der Waals surface area contributed by atoms with E-state index in [1.807, 2.05) is 49.5 Å². The number of benzene rings is 2. The molecule has 1 amide bonds. The average Bonchev–Trinajstić information content (AvgIpc) is 2.61. The summed E-state index contributed by atoms with van der Waals surface area (Å²) in [6.07, 6.45) is 1.29. The highest BCUT2D eigenvalue weighted by Gasteiger charge is 2.19. The van der Waals surface area contributed by atoms with Gasteiger partial charge in [-0.1, -0.05) is 36.4 Å². The lowest BCUT2D eigenvalue weighted by atomic mass is 9.98. The van der Waals surface area contributed by atoms with E-state index in [0.29, 0.717) is 5.75 Å². The molecule has 4 heteroatoms. The number of carbonyl (C=O) groups is 1. The highest BCUT2D eigenvalue weighted by Crippen LogP contribution is 2.37. The highest BCUT2D eigenvalue weighted by atomic mass is 16.5.